The average molecular weight is 362 g/mol. The Morgan fingerprint density at radius 3 is 2.70 bits per heavy atom. The van der Waals surface area contributed by atoms with Gasteiger partial charge in [0.15, 0.2) is 0 Å². The molecule has 0 aliphatic carbocycles. The second kappa shape index (κ2) is 6.01. The fraction of sp³-hybridized carbons (Fsp3) is 0.538. The number of sulfonamides is 1. The number of benzene rings is 1. The monoisotopic (exact) mass is 361 g/mol. The van der Waals surface area contributed by atoms with Crippen LogP contribution in [0.3, 0.4) is 0 Å². The van der Waals surface area contributed by atoms with Crippen molar-refractivity contribution in [1.82, 2.24) is 9.21 Å². The van der Waals surface area contributed by atoms with Crippen molar-refractivity contribution in [3.05, 3.63) is 22.7 Å². The summed E-state index contributed by atoms with van der Waals surface area (Å²) in [4.78, 5) is 2.50. The summed E-state index contributed by atoms with van der Waals surface area (Å²) < 4.78 is 27.5. The summed E-state index contributed by atoms with van der Waals surface area (Å²) in [6.45, 7) is 3.90. The van der Waals surface area contributed by atoms with Gasteiger partial charge in [-0.1, -0.05) is 6.92 Å². The van der Waals surface area contributed by atoms with Crippen LogP contribution < -0.4 is 5.73 Å². The Bertz CT molecular complexity index is 591. The maximum Gasteiger partial charge on any atom is 0.243 e. The molecule has 20 heavy (non-hydrogen) atoms. The fourth-order valence-electron chi connectivity index (χ4n) is 2.39. The molecule has 1 aliphatic heterocycles. The lowest BCUT2D eigenvalue weighted by Crippen LogP contribution is -2.52. The van der Waals surface area contributed by atoms with Crippen molar-refractivity contribution in [2.45, 2.75) is 24.3 Å². The van der Waals surface area contributed by atoms with E-state index in [4.69, 9.17) is 5.73 Å². The largest absolute Gasteiger partial charge is 0.398 e. The molecule has 0 amide bonds. The van der Waals surface area contributed by atoms with Gasteiger partial charge in [-0.25, -0.2) is 8.42 Å². The predicted molar refractivity (Wildman–Crippen MR) is 84.0 cm³/mol. The normalized spacial score (nSPS) is 22.1. The molecule has 1 aromatic rings. The van der Waals surface area contributed by atoms with E-state index in [1.807, 2.05) is 7.05 Å². The number of hydrogen-bond donors (Lipinski definition) is 1. The van der Waals surface area contributed by atoms with Crippen molar-refractivity contribution in [1.29, 1.82) is 0 Å². The van der Waals surface area contributed by atoms with Crippen molar-refractivity contribution >= 4 is 31.6 Å². The fourth-order valence-corrected chi connectivity index (χ4v) is 4.42. The Hall–Kier alpha value is -0.630. The Kier molecular flexibility index (Phi) is 4.73. The lowest BCUT2D eigenvalue weighted by Gasteiger charge is -2.38. The van der Waals surface area contributed by atoms with Gasteiger partial charge in [-0.2, -0.15) is 4.31 Å². The third-order valence-electron chi connectivity index (χ3n) is 3.82. The van der Waals surface area contributed by atoms with Gasteiger partial charge in [0.25, 0.3) is 0 Å². The van der Waals surface area contributed by atoms with Crippen molar-refractivity contribution < 1.29 is 8.42 Å². The van der Waals surface area contributed by atoms with Crippen LogP contribution in [0, 0.1) is 0 Å². The van der Waals surface area contributed by atoms with E-state index in [-0.39, 0.29) is 10.9 Å². The summed E-state index contributed by atoms with van der Waals surface area (Å²) in [7, 11) is -1.41. The first kappa shape index (κ1) is 15.8. The number of halogens is 1. The minimum absolute atomic E-state index is 0.274. The summed E-state index contributed by atoms with van der Waals surface area (Å²) in [6, 6.07) is 5.03. The summed E-state index contributed by atoms with van der Waals surface area (Å²) in [5.41, 5.74) is 6.25. The standard InChI is InChI=1S/C13H20BrN3O2S/c1-3-10-9-17(7-6-16(10)2)20(18,19)11-4-5-13(15)12(14)8-11/h4-5,8,10H,3,6-7,9,15H2,1-2H3. The molecule has 5 nitrogen and oxygen atoms in total. The van der Waals surface area contributed by atoms with Crippen LogP contribution in [0.15, 0.2) is 27.6 Å². The number of nitrogens with two attached hydrogens (primary N) is 1. The maximum atomic E-state index is 12.7. The molecule has 0 radical (unpaired) electrons. The topological polar surface area (TPSA) is 66.6 Å². The molecule has 1 heterocycles. The van der Waals surface area contributed by atoms with E-state index in [1.54, 1.807) is 22.5 Å². The molecular formula is C13H20BrN3O2S. The molecule has 2 rings (SSSR count). The van der Waals surface area contributed by atoms with Crippen molar-refractivity contribution in [3.63, 3.8) is 0 Å². The van der Waals surface area contributed by atoms with Gasteiger partial charge in [0.2, 0.25) is 10.0 Å². The Morgan fingerprint density at radius 2 is 2.10 bits per heavy atom. The Labute approximate surface area is 128 Å². The van der Waals surface area contributed by atoms with E-state index in [9.17, 15) is 8.42 Å². The molecule has 1 saturated heterocycles. The van der Waals surface area contributed by atoms with E-state index in [2.05, 4.69) is 27.8 Å². The van der Waals surface area contributed by atoms with Gasteiger partial charge in [0.1, 0.15) is 0 Å². The molecule has 1 aromatic carbocycles. The van der Waals surface area contributed by atoms with Gasteiger partial charge >= 0.3 is 0 Å². The smallest absolute Gasteiger partial charge is 0.243 e. The van der Waals surface area contributed by atoms with Crippen LogP contribution in [0.1, 0.15) is 13.3 Å². The maximum absolute atomic E-state index is 12.7. The number of nitrogens with zero attached hydrogens (tertiary/aromatic N) is 2. The zero-order valence-corrected chi connectivity index (χ0v) is 14.1. The molecule has 0 spiro atoms. The van der Waals surface area contributed by atoms with E-state index in [0.29, 0.717) is 23.2 Å². The van der Waals surface area contributed by atoms with Crippen LogP contribution in [0.25, 0.3) is 0 Å². The SMILES string of the molecule is CCC1CN(S(=O)(=O)c2ccc(N)c(Br)c2)CCN1C. The first-order valence-electron chi connectivity index (χ1n) is 6.61. The number of likely N-dealkylation sites (N-methyl/N-ethyl adjacent to an activating group) is 1. The lowest BCUT2D eigenvalue weighted by molar-refractivity contribution is 0.144. The summed E-state index contributed by atoms with van der Waals surface area (Å²) in [5, 5.41) is 0. The van der Waals surface area contributed by atoms with Gasteiger partial charge in [0, 0.05) is 35.8 Å². The summed E-state index contributed by atoms with van der Waals surface area (Å²) in [6.07, 6.45) is 0.938. The molecule has 0 bridgehead atoms. The number of piperazine rings is 1. The van der Waals surface area contributed by atoms with E-state index >= 15 is 0 Å². The van der Waals surface area contributed by atoms with Gasteiger partial charge < -0.3 is 10.6 Å². The van der Waals surface area contributed by atoms with E-state index < -0.39 is 10.0 Å². The third-order valence-corrected chi connectivity index (χ3v) is 6.37. The Morgan fingerprint density at radius 1 is 1.40 bits per heavy atom. The molecule has 0 saturated carbocycles. The van der Waals surface area contributed by atoms with Gasteiger partial charge in [0.05, 0.1) is 4.90 Å². The average Bonchev–Trinajstić information content (AvgIpc) is 2.42. The third kappa shape index (κ3) is 3.00. The van der Waals surface area contributed by atoms with E-state index in [0.717, 1.165) is 13.0 Å². The Balaban J connectivity index is 2.28. The summed E-state index contributed by atoms with van der Waals surface area (Å²) in [5.74, 6) is 0. The number of hydrogen-bond acceptors (Lipinski definition) is 4. The zero-order valence-electron chi connectivity index (χ0n) is 11.7. The molecule has 1 fully saturated rings. The molecule has 2 N–H and O–H groups in total. The first-order chi connectivity index (χ1) is 9.36. The highest BCUT2D eigenvalue weighted by Crippen LogP contribution is 2.26. The molecule has 7 heteroatoms. The molecule has 0 aromatic heterocycles. The van der Waals surface area contributed by atoms with Crippen molar-refractivity contribution in [2.24, 2.45) is 0 Å². The number of nitrogen functional groups attached to an aromatic ring is 1. The van der Waals surface area contributed by atoms with Crippen molar-refractivity contribution in [3.8, 4) is 0 Å². The number of rotatable bonds is 3. The summed E-state index contributed by atoms with van der Waals surface area (Å²) >= 11 is 3.28. The lowest BCUT2D eigenvalue weighted by atomic mass is 10.1. The minimum atomic E-state index is -3.45. The molecule has 1 unspecified atom stereocenters. The second-order valence-electron chi connectivity index (χ2n) is 5.09. The van der Waals surface area contributed by atoms with Crippen LogP contribution in [-0.4, -0.2) is 50.3 Å². The molecule has 1 atom stereocenters. The second-order valence-corrected chi connectivity index (χ2v) is 7.88. The molecule has 112 valence electrons. The van der Waals surface area contributed by atoms with Crippen LogP contribution in [-0.2, 0) is 10.0 Å². The highest BCUT2D eigenvalue weighted by atomic mass is 79.9. The first-order valence-corrected chi connectivity index (χ1v) is 8.85. The number of anilines is 1. The molecule has 1 aliphatic rings. The van der Waals surface area contributed by atoms with Crippen LogP contribution in [0.2, 0.25) is 0 Å². The van der Waals surface area contributed by atoms with Crippen LogP contribution in [0.5, 0.6) is 0 Å². The zero-order chi connectivity index (χ0) is 14.9. The highest BCUT2D eigenvalue weighted by Gasteiger charge is 2.32. The minimum Gasteiger partial charge on any atom is -0.398 e. The van der Waals surface area contributed by atoms with Crippen LogP contribution >= 0.6 is 15.9 Å². The predicted octanol–water partition coefficient (Wildman–Crippen LogP) is 1.75. The molecular weight excluding hydrogens is 342 g/mol. The van der Waals surface area contributed by atoms with Gasteiger partial charge in [-0.3, -0.25) is 0 Å². The van der Waals surface area contributed by atoms with Gasteiger partial charge in [-0.15, -0.1) is 0 Å². The van der Waals surface area contributed by atoms with Gasteiger partial charge in [-0.05, 0) is 47.6 Å². The van der Waals surface area contributed by atoms with Crippen LogP contribution in [0.4, 0.5) is 5.69 Å². The van der Waals surface area contributed by atoms with Crippen molar-refractivity contribution in [2.75, 3.05) is 32.4 Å². The highest BCUT2D eigenvalue weighted by molar-refractivity contribution is 9.10. The quantitative estimate of drug-likeness (QED) is 0.832. The van der Waals surface area contributed by atoms with E-state index in [1.165, 1.54) is 0 Å².